The molecule has 2 aromatic carbocycles. The van der Waals surface area contributed by atoms with Crippen molar-refractivity contribution in [1.82, 2.24) is 14.9 Å². The van der Waals surface area contributed by atoms with E-state index >= 15 is 0 Å². The number of rotatable bonds is 5. The second-order valence-corrected chi connectivity index (χ2v) is 9.31. The number of nitrogens with one attached hydrogen (secondary N) is 2. The maximum atomic E-state index is 12.8. The number of thiazole rings is 1. The quantitative estimate of drug-likeness (QED) is 0.490. The molecule has 5 rings (SSSR count). The van der Waals surface area contributed by atoms with Gasteiger partial charge in [0.15, 0.2) is 5.13 Å². The van der Waals surface area contributed by atoms with Gasteiger partial charge in [0.1, 0.15) is 0 Å². The summed E-state index contributed by atoms with van der Waals surface area (Å²) in [6.07, 6.45) is 3.04. The Morgan fingerprint density at radius 2 is 2.16 bits per heavy atom. The average Bonchev–Trinajstić information content (AvgIpc) is 3.43. The fourth-order valence-corrected chi connectivity index (χ4v) is 5.21. The van der Waals surface area contributed by atoms with Crippen molar-refractivity contribution in [3.63, 3.8) is 0 Å². The smallest absolute Gasteiger partial charge is 0.231 e. The van der Waals surface area contributed by atoms with Gasteiger partial charge in [0.05, 0.1) is 16.1 Å². The van der Waals surface area contributed by atoms with E-state index in [-0.39, 0.29) is 24.2 Å². The number of carbonyl (C=O) groups excluding carboxylic acids is 2. The van der Waals surface area contributed by atoms with Crippen LogP contribution in [0.25, 0.3) is 21.1 Å². The number of para-hydroxylation sites is 1. The number of hydrogen-bond donors (Lipinski definition) is 2. The monoisotopic (exact) mass is 432 g/mol. The van der Waals surface area contributed by atoms with E-state index in [9.17, 15) is 9.59 Å². The number of fused-ring (bicyclic) bond motifs is 2. The third-order valence-electron chi connectivity index (χ3n) is 6.01. The number of hydrogen-bond acceptors (Lipinski definition) is 4. The van der Waals surface area contributed by atoms with E-state index in [1.165, 1.54) is 27.8 Å². The summed E-state index contributed by atoms with van der Waals surface area (Å²) in [5.74, 6) is -0.433. The second-order valence-electron chi connectivity index (χ2n) is 8.28. The Kier molecular flexibility index (Phi) is 4.98. The summed E-state index contributed by atoms with van der Waals surface area (Å²) in [5.41, 5.74) is 5.53. The fourth-order valence-electron chi connectivity index (χ4n) is 4.27. The lowest BCUT2D eigenvalue weighted by Crippen LogP contribution is -2.29. The lowest BCUT2D eigenvalue weighted by Gasteiger charge is -2.16. The Morgan fingerprint density at radius 3 is 3.00 bits per heavy atom. The maximum absolute atomic E-state index is 12.8. The van der Waals surface area contributed by atoms with Gasteiger partial charge in [-0.1, -0.05) is 35.1 Å². The molecule has 1 atom stereocenters. The Morgan fingerprint density at radius 1 is 1.29 bits per heavy atom. The molecule has 1 unspecified atom stereocenters. The van der Waals surface area contributed by atoms with Crippen LogP contribution in [0.15, 0.2) is 42.6 Å². The van der Waals surface area contributed by atoms with E-state index in [0.717, 1.165) is 27.7 Å². The third-order valence-corrected chi connectivity index (χ3v) is 6.95. The molecular weight excluding hydrogens is 408 g/mol. The van der Waals surface area contributed by atoms with Gasteiger partial charge in [-0.25, -0.2) is 4.98 Å². The zero-order valence-corrected chi connectivity index (χ0v) is 18.4. The molecule has 158 valence electrons. The van der Waals surface area contributed by atoms with Crippen LogP contribution in [0.2, 0.25) is 0 Å². The number of benzene rings is 2. The summed E-state index contributed by atoms with van der Waals surface area (Å²) in [6, 6.07) is 12.3. The molecule has 0 spiro atoms. The molecule has 2 N–H and O–H groups in total. The summed E-state index contributed by atoms with van der Waals surface area (Å²) in [7, 11) is 0. The number of aryl methyl sites for hydroxylation is 2. The zero-order valence-electron chi connectivity index (χ0n) is 17.6. The molecule has 0 radical (unpaired) electrons. The molecule has 4 aromatic rings. The predicted molar refractivity (Wildman–Crippen MR) is 124 cm³/mol. The van der Waals surface area contributed by atoms with Crippen LogP contribution in [0, 0.1) is 19.8 Å². The molecule has 31 heavy (non-hydrogen) atoms. The molecule has 2 amide bonds. The van der Waals surface area contributed by atoms with Crippen molar-refractivity contribution in [3.8, 4) is 0 Å². The lowest BCUT2D eigenvalue weighted by atomic mass is 10.1. The lowest BCUT2D eigenvalue weighted by molar-refractivity contribution is -0.128. The number of anilines is 1. The van der Waals surface area contributed by atoms with Crippen molar-refractivity contribution < 1.29 is 9.59 Å². The topological polar surface area (TPSA) is 78.1 Å². The highest BCUT2D eigenvalue weighted by Gasteiger charge is 2.34. The summed E-state index contributed by atoms with van der Waals surface area (Å²) < 4.78 is 1.05. The minimum Gasteiger partial charge on any atom is -0.361 e. The van der Waals surface area contributed by atoms with Gasteiger partial charge in [0.2, 0.25) is 11.8 Å². The Bertz CT molecular complexity index is 1310. The number of amides is 2. The van der Waals surface area contributed by atoms with E-state index < -0.39 is 0 Å². The molecule has 0 aliphatic carbocycles. The third kappa shape index (κ3) is 3.81. The zero-order chi connectivity index (χ0) is 21.5. The Hall–Kier alpha value is -3.19. The molecule has 7 heteroatoms. The Labute approximate surface area is 184 Å². The summed E-state index contributed by atoms with van der Waals surface area (Å²) in [6.45, 7) is 5.16. The van der Waals surface area contributed by atoms with Crippen LogP contribution >= 0.6 is 11.3 Å². The fraction of sp³-hybridized carbons (Fsp3) is 0.292. The second kappa shape index (κ2) is 7.81. The number of aromatic nitrogens is 2. The van der Waals surface area contributed by atoms with E-state index in [4.69, 9.17) is 0 Å². The first-order valence-corrected chi connectivity index (χ1v) is 11.3. The van der Waals surface area contributed by atoms with Gasteiger partial charge in [0.25, 0.3) is 0 Å². The highest BCUT2D eigenvalue weighted by molar-refractivity contribution is 7.22. The molecule has 0 bridgehead atoms. The van der Waals surface area contributed by atoms with Crippen molar-refractivity contribution in [2.45, 2.75) is 26.7 Å². The molecule has 1 fully saturated rings. The SMILES string of the molecule is Cc1ccc2[nH]cc(CCN3CC(C(=O)Nc4nc5c(C)cccc5s4)CC3=O)c2c1. The van der Waals surface area contributed by atoms with E-state index in [0.29, 0.717) is 18.2 Å². The number of carbonyl (C=O) groups is 2. The normalized spacial score (nSPS) is 16.5. The van der Waals surface area contributed by atoms with Gasteiger partial charge in [-0.05, 0) is 49.6 Å². The van der Waals surface area contributed by atoms with E-state index in [1.54, 1.807) is 4.90 Å². The number of likely N-dealkylation sites (tertiary alicyclic amines) is 1. The molecule has 1 aliphatic rings. The van der Waals surface area contributed by atoms with Crippen LogP contribution in [0.5, 0.6) is 0 Å². The summed E-state index contributed by atoms with van der Waals surface area (Å²) >= 11 is 1.47. The van der Waals surface area contributed by atoms with Crippen LogP contribution in [0.4, 0.5) is 5.13 Å². The summed E-state index contributed by atoms with van der Waals surface area (Å²) in [4.78, 5) is 35.0. The highest BCUT2D eigenvalue weighted by Crippen LogP contribution is 2.29. The molecular formula is C24H24N4O2S. The van der Waals surface area contributed by atoms with Crippen LogP contribution < -0.4 is 5.32 Å². The largest absolute Gasteiger partial charge is 0.361 e. The summed E-state index contributed by atoms with van der Waals surface area (Å²) in [5, 5.41) is 4.72. The predicted octanol–water partition coefficient (Wildman–Crippen LogP) is 4.42. The van der Waals surface area contributed by atoms with Gasteiger partial charge < -0.3 is 15.2 Å². The van der Waals surface area contributed by atoms with Crippen molar-refractivity contribution in [1.29, 1.82) is 0 Å². The average molecular weight is 433 g/mol. The van der Waals surface area contributed by atoms with Crippen LogP contribution in [0.3, 0.4) is 0 Å². The standard InChI is InChI=1S/C24H24N4O2S/c1-14-6-7-19-18(10-14)16(12-25-19)8-9-28-13-17(11-21(28)29)23(30)27-24-26-22-15(2)4-3-5-20(22)31-24/h3-7,10,12,17,25H,8-9,11,13H2,1-2H3,(H,26,27,30). The van der Waals surface area contributed by atoms with Crippen molar-refractivity contribution in [2.24, 2.45) is 5.92 Å². The highest BCUT2D eigenvalue weighted by atomic mass is 32.1. The molecule has 0 saturated carbocycles. The molecule has 1 aliphatic heterocycles. The van der Waals surface area contributed by atoms with Gasteiger partial charge in [-0.2, -0.15) is 0 Å². The van der Waals surface area contributed by atoms with Gasteiger partial charge in [0, 0.05) is 36.6 Å². The van der Waals surface area contributed by atoms with Crippen molar-refractivity contribution in [3.05, 3.63) is 59.3 Å². The van der Waals surface area contributed by atoms with Crippen LogP contribution in [0.1, 0.15) is 23.1 Å². The van der Waals surface area contributed by atoms with Crippen LogP contribution in [-0.2, 0) is 16.0 Å². The first-order valence-electron chi connectivity index (χ1n) is 10.5. The van der Waals surface area contributed by atoms with Gasteiger partial charge in [-0.15, -0.1) is 0 Å². The molecule has 6 nitrogen and oxygen atoms in total. The molecule has 1 saturated heterocycles. The van der Waals surface area contributed by atoms with Crippen LogP contribution in [-0.4, -0.2) is 39.8 Å². The number of nitrogens with zero attached hydrogens (tertiary/aromatic N) is 2. The van der Waals surface area contributed by atoms with Gasteiger partial charge in [-0.3, -0.25) is 9.59 Å². The van der Waals surface area contributed by atoms with Crippen molar-refractivity contribution >= 4 is 49.4 Å². The first-order chi connectivity index (χ1) is 15.0. The number of H-pyrrole nitrogens is 1. The van der Waals surface area contributed by atoms with E-state index in [2.05, 4.69) is 40.4 Å². The maximum Gasteiger partial charge on any atom is 0.231 e. The minimum atomic E-state index is -0.342. The number of aromatic amines is 1. The molecule has 2 aromatic heterocycles. The molecule has 3 heterocycles. The Balaban J connectivity index is 1.23. The van der Waals surface area contributed by atoms with Gasteiger partial charge >= 0.3 is 0 Å². The van der Waals surface area contributed by atoms with E-state index in [1.807, 2.05) is 31.3 Å². The first kappa shape index (κ1) is 19.8. The minimum absolute atomic E-state index is 0.0383. The van der Waals surface area contributed by atoms with Crippen molar-refractivity contribution in [2.75, 3.05) is 18.4 Å².